The predicted octanol–water partition coefficient (Wildman–Crippen LogP) is 7.32. The number of carbonyl (C=O) groups is 2. The fourth-order valence-corrected chi connectivity index (χ4v) is 3.81. The van der Waals surface area contributed by atoms with E-state index in [-0.39, 0.29) is 23.7 Å². The normalized spacial score (nSPS) is 10.6. The second-order valence-electron chi connectivity index (χ2n) is 6.48. The lowest BCUT2D eigenvalue weighted by Gasteiger charge is -2.25. The van der Waals surface area contributed by atoms with Crippen molar-refractivity contribution in [2.45, 2.75) is 13.5 Å². The van der Waals surface area contributed by atoms with Crippen LogP contribution in [-0.4, -0.2) is 18.5 Å². The minimum absolute atomic E-state index is 0.0823. The van der Waals surface area contributed by atoms with Gasteiger partial charge in [0.05, 0.1) is 29.3 Å². The zero-order valence-electron chi connectivity index (χ0n) is 16.4. The molecule has 0 heterocycles. The third-order valence-corrected chi connectivity index (χ3v) is 5.74. The van der Waals surface area contributed by atoms with Gasteiger partial charge in [-0.25, -0.2) is 4.79 Å². The monoisotopic (exact) mass is 495 g/mol. The number of carbonyl (C=O) groups excluding carboxylic acids is 2. The van der Waals surface area contributed by atoms with E-state index < -0.39 is 11.9 Å². The first-order valence-electron chi connectivity index (χ1n) is 9.28. The molecule has 0 saturated carbocycles. The Morgan fingerprint density at radius 3 is 2.13 bits per heavy atom. The van der Waals surface area contributed by atoms with Crippen LogP contribution < -0.4 is 4.90 Å². The Morgan fingerprint density at radius 1 is 0.871 bits per heavy atom. The van der Waals surface area contributed by atoms with Gasteiger partial charge in [-0.3, -0.25) is 4.79 Å². The van der Waals surface area contributed by atoms with Gasteiger partial charge in [0.15, 0.2) is 0 Å². The maximum atomic E-state index is 13.5. The lowest BCUT2D eigenvalue weighted by Crippen LogP contribution is -2.31. The molecule has 0 aromatic heterocycles. The molecule has 0 fully saturated rings. The number of rotatable bonds is 6. The van der Waals surface area contributed by atoms with E-state index in [1.807, 2.05) is 0 Å². The second kappa shape index (κ2) is 10.4. The van der Waals surface area contributed by atoms with Crippen LogP contribution in [0.2, 0.25) is 20.1 Å². The fraction of sp³-hybridized carbons (Fsp3) is 0.130. The van der Waals surface area contributed by atoms with Gasteiger partial charge in [-0.2, -0.15) is 0 Å². The molecule has 0 N–H and O–H groups in total. The van der Waals surface area contributed by atoms with Crippen LogP contribution >= 0.6 is 46.4 Å². The van der Waals surface area contributed by atoms with Crippen molar-refractivity contribution in [2.75, 3.05) is 11.5 Å². The van der Waals surface area contributed by atoms with Gasteiger partial charge >= 0.3 is 5.97 Å². The Bertz CT molecular complexity index is 1100. The Kier molecular flexibility index (Phi) is 7.84. The zero-order chi connectivity index (χ0) is 22.5. The number of amides is 1. The highest BCUT2D eigenvalue weighted by Crippen LogP contribution is 2.31. The summed E-state index contributed by atoms with van der Waals surface area (Å²) >= 11 is 25.0. The average Bonchev–Trinajstić information content (AvgIpc) is 2.75. The summed E-state index contributed by atoms with van der Waals surface area (Å²) in [5.41, 5.74) is 1.69. The molecule has 1 amide bonds. The Labute approximate surface area is 200 Å². The molecule has 31 heavy (non-hydrogen) atoms. The number of nitrogens with zero attached hydrogens (tertiary/aromatic N) is 1. The molecule has 0 atom stereocenters. The number of esters is 1. The minimum atomic E-state index is -0.445. The summed E-state index contributed by atoms with van der Waals surface area (Å²) in [4.78, 5) is 26.9. The van der Waals surface area contributed by atoms with Crippen molar-refractivity contribution in [3.05, 3.63) is 97.4 Å². The summed E-state index contributed by atoms with van der Waals surface area (Å²) in [7, 11) is 0. The van der Waals surface area contributed by atoms with E-state index in [2.05, 4.69) is 0 Å². The van der Waals surface area contributed by atoms with Gasteiger partial charge in [0, 0.05) is 26.3 Å². The largest absolute Gasteiger partial charge is 0.462 e. The van der Waals surface area contributed by atoms with Crippen LogP contribution in [0.25, 0.3) is 0 Å². The van der Waals surface area contributed by atoms with Gasteiger partial charge in [0.1, 0.15) is 0 Å². The van der Waals surface area contributed by atoms with Crippen LogP contribution in [0.4, 0.5) is 5.69 Å². The first-order valence-corrected chi connectivity index (χ1v) is 10.8. The summed E-state index contributed by atoms with van der Waals surface area (Å²) in [5, 5.41) is 1.48. The maximum Gasteiger partial charge on any atom is 0.338 e. The van der Waals surface area contributed by atoms with Gasteiger partial charge in [0.2, 0.25) is 0 Å². The van der Waals surface area contributed by atoms with E-state index in [1.165, 1.54) is 11.0 Å². The number of ether oxygens (including phenoxy) is 1. The van der Waals surface area contributed by atoms with Gasteiger partial charge in [-0.05, 0) is 61.5 Å². The molecule has 3 aromatic carbocycles. The summed E-state index contributed by atoms with van der Waals surface area (Å²) in [5.74, 6) is -0.841. The molecule has 0 radical (unpaired) electrons. The van der Waals surface area contributed by atoms with E-state index in [9.17, 15) is 9.59 Å². The predicted molar refractivity (Wildman–Crippen MR) is 126 cm³/mol. The van der Waals surface area contributed by atoms with E-state index >= 15 is 0 Å². The van der Waals surface area contributed by atoms with E-state index in [0.717, 1.165) is 0 Å². The molecule has 0 aliphatic rings. The fourth-order valence-electron chi connectivity index (χ4n) is 2.92. The third kappa shape index (κ3) is 5.52. The van der Waals surface area contributed by atoms with Crippen LogP contribution in [0, 0.1) is 0 Å². The SMILES string of the molecule is CCOC(=O)c1ccc(N(Cc2c(Cl)cccc2Cl)C(=O)c2cc(Cl)ccc2Cl)cc1. The summed E-state index contributed by atoms with van der Waals surface area (Å²) in [6.45, 7) is 2.08. The molecular formula is C23H17Cl4NO3. The quantitative estimate of drug-likeness (QED) is 0.335. The lowest BCUT2D eigenvalue weighted by molar-refractivity contribution is 0.0526. The maximum absolute atomic E-state index is 13.5. The highest BCUT2D eigenvalue weighted by atomic mass is 35.5. The van der Waals surface area contributed by atoms with Crippen molar-refractivity contribution >= 4 is 64.0 Å². The summed E-state index contributed by atoms with van der Waals surface area (Å²) in [6.07, 6.45) is 0. The smallest absolute Gasteiger partial charge is 0.338 e. The highest BCUT2D eigenvalue weighted by Gasteiger charge is 2.23. The molecule has 4 nitrogen and oxygen atoms in total. The van der Waals surface area contributed by atoms with Gasteiger partial charge in [0.25, 0.3) is 5.91 Å². The standard InChI is InChI=1S/C23H17Cl4NO3/c1-2-31-23(30)14-6-9-16(10-7-14)28(13-18-19(25)4-3-5-20(18)26)22(29)17-12-15(24)8-11-21(17)27/h3-12H,2,13H2,1H3. The zero-order valence-corrected chi connectivity index (χ0v) is 19.4. The topological polar surface area (TPSA) is 46.6 Å². The van der Waals surface area contributed by atoms with E-state index in [4.69, 9.17) is 51.1 Å². The Hall–Kier alpha value is -2.24. The van der Waals surface area contributed by atoms with Crippen LogP contribution in [0.3, 0.4) is 0 Å². The van der Waals surface area contributed by atoms with Crippen molar-refractivity contribution in [2.24, 2.45) is 0 Å². The van der Waals surface area contributed by atoms with Gasteiger partial charge < -0.3 is 9.64 Å². The number of hydrogen-bond acceptors (Lipinski definition) is 3. The van der Waals surface area contributed by atoms with Crippen LogP contribution in [0.1, 0.15) is 33.2 Å². The molecule has 3 rings (SSSR count). The molecule has 0 aliphatic heterocycles. The average molecular weight is 497 g/mol. The molecular weight excluding hydrogens is 480 g/mol. The molecule has 3 aromatic rings. The van der Waals surface area contributed by atoms with E-state index in [0.29, 0.717) is 31.9 Å². The van der Waals surface area contributed by atoms with Crippen molar-refractivity contribution in [3.8, 4) is 0 Å². The summed E-state index contributed by atoms with van der Waals surface area (Å²) < 4.78 is 5.01. The van der Waals surface area contributed by atoms with E-state index in [1.54, 1.807) is 61.5 Å². The van der Waals surface area contributed by atoms with Crippen molar-refractivity contribution in [3.63, 3.8) is 0 Å². The van der Waals surface area contributed by atoms with Crippen LogP contribution in [0.15, 0.2) is 60.7 Å². The van der Waals surface area contributed by atoms with Crippen molar-refractivity contribution in [1.82, 2.24) is 0 Å². The molecule has 0 saturated heterocycles. The highest BCUT2D eigenvalue weighted by molar-refractivity contribution is 6.37. The minimum Gasteiger partial charge on any atom is -0.462 e. The Morgan fingerprint density at radius 2 is 1.52 bits per heavy atom. The molecule has 0 spiro atoms. The first kappa shape index (κ1) is 23.4. The van der Waals surface area contributed by atoms with Gasteiger partial charge in [-0.15, -0.1) is 0 Å². The molecule has 160 valence electrons. The number of anilines is 1. The number of hydrogen-bond donors (Lipinski definition) is 0. The summed E-state index contributed by atoms with van der Waals surface area (Å²) in [6, 6.07) is 16.2. The van der Waals surface area contributed by atoms with Crippen molar-refractivity contribution in [1.29, 1.82) is 0 Å². The third-order valence-electron chi connectivity index (χ3n) is 4.47. The molecule has 0 bridgehead atoms. The molecule has 0 aliphatic carbocycles. The molecule has 8 heteroatoms. The second-order valence-corrected chi connectivity index (χ2v) is 8.14. The first-order chi connectivity index (χ1) is 14.8. The van der Waals surface area contributed by atoms with Crippen molar-refractivity contribution < 1.29 is 14.3 Å². The van der Waals surface area contributed by atoms with Gasteiger partial charge in [-0.1, -0.05) is 52.5 Å². The lowest BCUT2D eigenvalue weighted by atomic mass is 10.1. The Balaban J connectivity index is 2.05. The number of benzene rings is 3. The number of halogens is 4. The van der Waals surface area contributed by atoms with Crippen LogP contribution in [-0.2, 0) is 11.3 Å². The molecule has 0 unspecified atom stereocenters. The van der Waals surface area contributed by atoms with Crippen LogP contribution in [0.5, 0.6) is 0 Å².